The number of thiophene rings is 1. The van der Waals surface area contributed by atoms with Crippen LogP contribution in [0.25, 0.3) is 10.6 Å². The highest BCUT2D eigenvalue weighted by Crippen LogP contribution is 2.21. The van der Waals surface area contributed by atoms with E-state index in [4.69, 9.17) is 11.6 Å². The van der Waals surface area contributed by atoms with Gasteiger partial charge in [0.05, 0.1) is 16.3 Å². The number of halogens is 1. The Morgan fingerprint density at radius 2 is 2.04 bits per heavy atom. The Labute approximate surface area is 160 Å². The number of hydrogen-bond acceptors (Lipinski definition) is 5. The minimum absolute atomic E-state index is 0.0368. The quantitative estimate of drug-likeness (QED) is 0.678. The van der Waals surface area contributed by atoms with E-state index < -0.39 is 10.0 Å². The van der Waals surface area contributed by atoms with Crippen molar-refractivity contribution in [2.45, 2.75) is 18.4 Å². The second kappa shape index (κ2) is 7.71. The van der Waals surface area contributed by atoms with Crippen molar-refractivity contribution < 1.29 is 8.42 Å². The number of nitrogens with one attached hydrogen (secondary N) is 1. The monoisotopic (exact) mass is 409 g/mol. The molecule has 0 amide bonds. The predicted octanol–water partition coefficient (Wildman–Crippen LogP) is 2.91. The molecule has 26 heavy (non-hydrogen) atoms. The average molecular weight is 410 g/mol. The van der Waals surface area contributed by atoms with Gasteiger partial charge in [0.25, 0.3) is 5.56 Å². The van der Waals surface area contributed by atoms with Gasteiger partial charge in [-0.15, -0.1) is 11.3 Å². The molecule has 9 heteroatoms. The highest BCUT2D eigenvalue weighted by atomic mass is 35.5. The van der Waals surface area contributed by atoms with Crippen LogP contribution in [0.15, 0.2) is 57.5 Å². The van der Waals surface area contributed by atoms with Crippen LogP contribution in [-0.2, 0) is 16.6 Å². The maximum Gasteiger partial charge on any atom is 0.266 e. The Bertz CT molecular complexity index is 1080. The molecule has 1 N–H and O–H groups in total. The van der Waals surface area contributed by atoms with Gasteiger partial charge in [-0.1, -0.05) is 23.7 Å². The molecule has 3 rings (SSSR count). The fourth-order valence-electron chi connectivity index (χ4n) is 2.39. The van der Waals surface area contributed by atoms with Crippen molar-refractivity contribution in [1.29, 1.82) is 0 Å². The molecule has 0 fully saturated rings. The lowest BCUT2D eigenvalue weighted by Gasteiger charge is -2.10. The summed E-state index contributed by atoms with van der Waals surface area (Å²) >= 11 is 7.41. The van der Waals surface area contributed by atoms with Crippen LogP contribution in [-0.4, -0.2) is 24.7 Å². The summed E-state index contributed by atoms with van der Waals surface area (Å²) < 4.78 is 28.7. The van der Waals surface area contributed by atoms with Crippen molar-refractivity contribution in [1.82, 2.24) is 14.5 Å². The Morgan fingerprint density at radius 3 is 2.77 bits per heavy atom. The molecule has 3 aromatic rings. The number of rotatable bonds is 6. The summed E-state index contributed by atoms with van der Waals surface area (Å²) in [6.07, 6.45) is 0. The Kier molecular flexibility index (Phi) is 5.57. The smallest absolute Gasteiger partial charge is 0.266 e. The van der Waals surface area contributed by atoms with E-state index in [0.717, 1.165) is 4.88 Å². The number of hydrogen-bond donors (Lipinski definition) is 1. The fraction of sp³-hybridized carbons (Fsp3) is 0.176. The highest BCUT2D eigenvalue weighted by molar-refractivity contribution is 7.89. The minimum Gasteiger partial charge on any atom is -0.268 e. The van der Waals surface area contributed by atoms with E-state index in [1.165, 1.54) is 28.2 Å². The number of nitrogens with zero attached hydrogens (tertiary/aromatic N) is 2. The molecule has 0 aliphatic carbocycles. The minimum atomic E-state index is -3.73. The Balaban J connectivity index is 1.74. The summed E-state index contributed by atoms with van der Waals surface area (Å²) in [7, 11) is -3.73. The fourth-order valence-corrected chi connectivity index (χ4v) is 4.61. The topological polar surface area (TPSA) is 81.1 Å². The van der Waals surface area contributed by atoms with Crippen LogP contribution in [0.4, 0.5) is 0 Å². The Hall–Kier alpha value is -2.00. The summed E-state index contributed by atoms with van der Waals surface area (Å²) in [6.45, 7) is 1.85. The van der Waals surface area contributed by atoms with Gasteiger partial charge in [-0.25, -0.2) is 17.8 Å². The molecule has 0 bridgehead atoms. The lowest BCUT2D eigenvalue weighted by Crippen LogP contribution is -2.32. The third-order valence-corrected chi connectivity index (χ3v) is 6.43. The van der Waals surface area contributed by atoms with Gasteiger partial charge in [-0.05, 0) is 42.1 Å². The third-order valence-electron chi connectivity index (χ3n) is 3.70. The van der Waals surface area contributed by atoms with Crippen molar-refractivity contribution in [2.24, 2.45) is 0 Å². The van der Waals surface area contributed by atoms with E-state index in [0.29, 0.717) is 16.3 Å². The van der Waals surface area contributed by atoms with E-state index >= 15 is 0 Å². The molecule has 2 aromatic heterocycles. The van der Waals surface area contributed by atoms with Gasteiger partial charge in [0, 0.05) is 17.6 Å². The second-order valence-corrected chi connectivity index (χ2v) is 8.68. The van der Waals surface area contributed by atoms with Gasteiger partial charge in [0.2, 0.25) is 10.0 Å². The lowest BCUT2D eigenvalue weighted by molar-refractivity contribution is 0.548. The summed E-state index contributed by atoms with van der Waals surface area (Å²) in [4.78, 5) is 13.0. The molecule has 0 spiro atoms. The van der Waals surface area contributed by atoms with Crippen molar-refractivity contribution in [3.05, 3.63) is 68.8 Å². The molecule has 0 radical (unpaired) electrons. The van der Waals surface area contributed by atoms with Gasteiger partial charge in [-0.2, -0.15) is 5.10 Å². The Morgan fingerprint density at radius 1 is 1.23 bits per heavy atom. The van der Waals surface area contributed by atoms with Crippen LogP contribution >= 0.6 is 22.9 Å². The molecule has 1 aromatic carbocycles. The SMILES string of the molecule is Cc1ccc(Cl)cc1S(=O)(=O)NCCn1nc(-c2cccs2)ccc1=O. The zero-order valence-electron chi connectivity index (χ0n) is 13.8. The van der Waals surface area contributed by atoms with E-state index in [2.05, 4.69) is 9.82 Å². The molecule has 6 nitrogen and oxygen atoms in total. The van der Waals surface area contributed by atoms with Crippen LogP contribution in [0.3, 0.4) is 0 Å². The third kappa shape index (κ3) is 4.21. The first-order valence-corrected chi connectivity index (χ1v) is 10.5. The summed E-state index contributed by atoms with van der Waals surface area (Å²) in [5, 5.41) is 6.57. The van der Waals surface area contributed by atoms with Crippen LogP contribution in [0, 0.1) is 6.92 Å². The molecular formula is C17H16ClN3O3S2. The average Bonchev–Trinajstić information content (AvgIpc) is 3.13. The molecular weight excluding hydrogens is 394 g/mol. The second-order valence-electron chi connectivity index (χ2n) is 5.56. The number of sulfonamides is 1. The zero-order chi connectivity index (χ0) is 18.7. The standard InChI is InChI=1S/C17H16ClN3O3S2/c1-12-4-5-13(18)11-16(12)26(23,24)19-8-9-21-17(22)7-6-14(20-21)15-3-2-10-25-15/h2-7,10-11,19H,8-9H2,1H3. The predicted molar refractivity (Wildman–Crippen MR) is 103 cm³/mol. The summed E-state index contributed by atoms with van der Waals surface area (Å²) in [5.41, 5.74) is 0.980. The van der Waals surface area contributed by atoms with Crippen LogP contribution in [0.1, 0.15) is 5.56 Å². The molecule has 0 saturated carbocycles. The van der Waals surface area contributed by atoms with Crippen molar-refractivity contribution in [3.63, 3.8) is 0 Å². The number of aryl methyl sites for hydroxylation is 1. The normalized spacial score (nSPS) is 11.6. The van der Waals surface area contributed by atoms with E-state index in [1.807, 2.05) is 17.5 Å². The summed E-state index contributed by atoms with van der Waals surface area (Å²) in [5.74, 6) is 0. The first-order valence-electron chi connectivity index (χ1n) is 7.75. The number of benzene rings is 1. The van der Waals surface area contributed by atoms with Crippen molar-refractivity contribution >= 4 is 33.0 Å². The largest absolute Gasteiger partial charge is 0.268 e. The van der Waals surface area contributed by atoms with E-state index in [1.54, 1.807) is 25.1 Å². The van der Waals surface area contributed by atoms with Gasteiger partial charge < -0.3 is 0 Å². The molecule has 0 aliphatic rings. The summed E-state index contributed by atoms with van der Waals surface area (Å²) in [6, 6.07) is 11.6. The van der Waals surface area contributed by atoms with Crippen LogP contribution in [0.5, 0.6) is 0 Å². The first kappa shape index (κ1) is 18.8. The molecule has 0 atom stereocenters. The molecule has 2 heterocycles. The molecule has 0 unspecified atom stereocenters. The maximum atomic E-state index is 12.5. The van der Waals surface area contributed by atoms with Crippen molar-refractivity contribution in [2.75, 3.05) is 6.54 Å². The van der Waals surface area contributed by atoms with E-state index in [-0.39, 0.29) is 23.5 Å². The lowest BCUT2D eigenvalue weighted by atomic mass is 10.2. The maximum absolute atomic E-state index is 12.5. The van der Waals surface area contributed by atoms with Crippen molar-refractivity contribution in [3.8, 4) is 10.6 Å². The highest BCUT2D eigenvalue weighted by Gasteiger charge is 2.17. The van der Waals surface area contributed by atoms with Gasteiger partial charge in [-0.3, -0.25) is 4.79 Å². The van der Waals surface area contributed by atoms with Gasteiger partial charge >= 0.3 is 0 Å². The van der Waals surface area contributed by atoms with E-state index in [9.17, 15) is 13.2 Å². The molecule has 136 valence electrons. The molecule has 0 saturated heterocycles. The zero-order valence-corrected chi connectivity index (χ0v) is 16.2. The number of aromatic nitrogens is 2. The van der Waals surface area contributed by atoms with Crippen LogP contribution < -0.4 is 10.3 Å². The van der Waals surface area contributed by atoms with Gasteiger partial charge in [0.1, 0.15) is 5.69 Å². The molecule has 0 aliphatic heterocycles. The van der Waals surface area contributed by atoms with Gasteiger partial charge in [0.15, 0.2) is 0 Å². The van der Waals surface area contributed by atoms with Crippen LogP contribution in [0.2, 0.25) is 5.02 Å². The first-order chi connectivity index (χ1) is 12.4.